The molecule has 2 rings (SSSR count). The van der Waals surface area contributed by atoms with E-state index < -0.39 is 35.5 Å². The first-order valence-electron chi connectivity index (χ1n) is 4.63. The minimum absolute atomic E-state index is 0.422. The Balaban J connectivity index is 2.43. The minimum atomic E-state index is -4.57. The van der Waals surface area contributed by atoms with Gasteiger partial charge in [0, 0.05) is 5.56 Å². The number of alkyl halides is 3. The third kappa shape index (κ3) is 1.90. The van der Waals surface area contributed by atoms with Crippen LogP contribution in [-0.2, 0) is 10.9 Å². The van der Waals surface area contributed by atoms with Crippen molar-refractivity contribution in [1.29, 1.82) is 0 Å². The van der Waals surface area contributed by atoms with E-state index in [1.165, 1.54) is 0 Å². The molecule has 16 heavy (non-hydrogen) atoms. The number of nitrogens with one attached hydrogen (secondary N) is 1. The van der Waals surface area contributed by atoms with Gasteiger partial charge >= 0.3 is 6.18 Å². The summed E-state index contributed by atoms with van der Waals surface area (Å²) in [5.41, 5.74) is -1.40. The lowest BCUT2D eigenvalue weighted by Crippen LogP contribution is -2.15. The molecule has 1 saturated heterocycles. The zero-order valence-electron chi connectivity index (χ0n) is 8.31. The summed E-state index contributed by atoms with van der Waals surface area (Å²) in [6.07, 6.45) is -5.97. The molecule has 0 radical (unpaired) electrons. The van der Waals surface area contributed by atoms with Crippen LogP contribution in [0, 0.1) is 5.82 Å². The molecule has 1 heterocycles. The minimum Gasteiger partial charge on any atom is -0.348 e. The van der Waals surface area contributed by atoms with E-state index in [9.17, 15) is 17.6 Å². The Kier molecular flexibility index (Phi) is 2.63. The second-order valence-electron chi connectivity index (χ2n) is 3.46. The van der Waals surface area contributed by atoms with Gasteiger partial charge in [-0.3, -0.25) is 5.32 Å². The predicted octanol–water partition coefficient (Wildman–Crippen LogP) is 2.46. The maximum atomic E-state index is 13.4. The SMILES string of the molecule is CNC1OC1c1c(F)cccc1C(F)(F)F. The molecule has 1 N–H and O–H groups in total. The van der Waals surface area contributed by atoms with Gasteiger partial charge in [0.1, 0.15) is 18.1 Å². The van der Waals surface area contributed by atoms with E-state index >= 15 is 0 Å². The molecular weight excluding hydrogens is 226 g/mol. The molecule has 0 spiro atoms. The van der Waals surface area contributed by atoms with Gasteiger partial charge in [0.05, 0.1) is 5.56 Å². The number of likely N-dealkylation sites (N-methyl/N-ethyl adjacent to an activating group) is 1. The van der Waals surface area contributed by atoms with Crippen LogP contribution < -0.4 is 5.32 Å². The van der Waals surface area contributed by atoms with E-state index in [0.717, 1.165) is 18.2 Å². The van der Waals surface area contributed by atoms with E-state index in [0.29, 0.717) is 0 Å². The molecule has 2 unspecified atom stereocenters. The van der Waals surface area contributed by atoms with E-state index in [1.807, 2.05) is 0 Å². The Labute approximate surface area is 89.2 Å². The van der Waals surface area contributed by atoms with Crippen molar-refractivity contribution in [3.05, 3.63) is 35.1 Å². The molecule has 2 nitrogen and oxygen atoms in total. The highest BCUT2D eigenvalue weighted by Crippen LogP contribution is 2.44. The van der Waals surface area contributed by atoms with Crippen molar-refractivity contribution in [1.82, 2.24) is 5.32 Å². The normalized spacial score (nSPS) is 24.6. The summed E-state index contributed by atoms with van der Waals surface area (Å²) in [5.74, 6) is -0.891. The quantitative estimate of drug-likeness (QED) is 0.629. The third-order valence-corrected chi connectivity index (χ3v) is 2.42. The summed E-state index contributed by atoms with van der Waals surface area (Å²) in [6.45, 7) is 0. The van der Waals surface area contributed by atoms with Crippen LogP contribution in [-0.4, -0.2) is 13.3 Å². The van der Waals surface area contributed by atoms with Gasteiger partial charge < -0.3 is 4.74 Å². The number of halogens is 4. The second kappa shape index (κ2) is 3.71. The number of hydrogen-bond donors (Lipinski definition) is 1. The number of benzene rings is 1. The largest absolute Gasteiger partial charge is 0.416 e. The highest BCUT2D eigenvalue weighted by molar-refractivity contribution is 5.35. The van der Waals surface area contributed by atoms with Crippen molar-refractivity contribution in [3.63, 3.8) is 0 Å². The number of ether oxygens (including phenoxy) is 1. The molecule has 2 atom stereocenters. The topological polar surface area (TPSA) is 24.6 Å². The fourth-order valence-electron chi connectivity index (χ4n) is 1.62. The molecule has 0 amide bonds. The molecule has 1 aromatic carbocycles. The summed E-state index contributed by atoms with van der Waals surface area (Å²) >= 11 is 0. The molecule has 1 aliphatic heterocycles. The molecule has 0 bridgehead atoms. The Morgan fingerprint density at radius 3 is 2.50 bits per heavy atom. The average Bonchev–Trinajstić information content (AvgIpc) is 2.95. The maximum Gasteiger partial charge on any atom is 0.416 e. The fourth-order valence-corrected chi connectivity index (χ4v) is 1.62. The van der Waals surface area contributed by atoms with Crippen molar-refractivity contribution < 1.29 is 22.3 Å². The standard InChI is InChI=1S/C10H9F4NO/c1-15-9-8(16-9)7-5(10(12,13)14)3-2-4-6(7)11/h2-4,8-9,15H,1H3. The van der Waals surface area contributed by atoms with Crippen LogP contribution in [0.5, 0.6) is 0 Å². The summed E-state index contributed by atoms with van der Waals surface area (Å²) in [5, 5.41) is 2.64. The highest BCUT2D eigenvalue weighted by Gasteiger charge is 2.46. The first kappa shape index (κ1) is 11.3. The van der Waals surface area contributed by atoms with E-state index in [1.54, 1.807) is 7.05 Å². The molecule has 88 valence electrons. The van der Waals surface area contributed by atoms with Crippen LogP contribution in [0.2, 0.25) is 0 Å². The van der Waals surface area contributed by atoms with Crippen molar-refractivity contribution in [2.45, 2.75) is 18.5 Å². The summed E-state index contributed by atoms with van der Waals surface area (Å²) in [4.78, 5) is 0. The second-order valence-corrected chi connectivity index (χ2v) is 3.46. The monoisotopic (exact) mass is 235 g/mol. The first-order chi connectivity index (χ1) is 7.45. The average molecular weight is 235 g/mol. The zero-order valence-corrected chi connectivity index (χ0v) is 8.31. The summed E-state index contributed by atoms with van der Waals surface area (Å²) < 4.78 is 56.1. The smallest absolute Gasteiger partial charge is 0.348 e. The maximum absolute atomic E-state index is 13.4. The molecule has 1 fully saturated rings. The zero-order chi connectivity index (χ0) is 11.9. The molecule has 1 aliphatic rings. The van der Waals surface area contributed by atoms with Crippen LogP contribution >= 0.6 is 0 Å². The Hall–Kier alpha value is -1.14. The highest BCUT2D eigenvalue weighted by atomic mass is 19.4. The fraction of sp³-hybridized carbons (Fsp3) is 0.400. The number of hydrogen-bond acceptors (Lipinski definition) is 2. The molecule has 0 saturated carbocycles. The predicted molar refractivity (Wildman–Crippen MR) is 48.1 cm³/mol. The molecule has 1 aromatic rings. The lowest BCUT2D eigenvalue weighted by atomic mass is 10.0. The first-order valence-corrected chi connectivity index (χ1v) is 4.63. The van der Waals surface area contributed by atoms with E-state index in [4.69, 9.17) is 4.74 Å². The van der Waals surface area contributed by atoms with Crippen molar-refractivity contribution in [2.24, 2.45) is 0 Å². The lowest BCUT2D eigenvalue weighted by molar-refractivity contribution is -0.138. The van der Waals surface area contributed by atoms with Crippen LogP contribution in [0.15, 0.2) is 18.2 Å². The van der Waals surface area contributed by atoms with Crippen molar-refractivity contribution in [2.75, 3.05) is 7.05 Å². The third-order valence-electron chi connectivity index (χ3n) is 2.42. The number of epoxide rings is 1. The van der Waals surface area contributed by atoms with Crippen molar-refractivity contribution in [3.8, 4) is 0 Å². The van der Waals surface area contributed by atoms with Gasteiger partial charge in [0.15, 0.2) is 0 Å². The van der Waals surface area contributed by atoms with Crippen LogP contribution in [0.25, 0.3) is 0 Å². The Morgan fingerprint density at radius 2 is 2.00 bits per heavy atom. The Bertz CT molecular complexity index is 404. The van der Waals surface area contributed by atoms with Gasteiger partial charge in [-0.1, -0.05) is 6.07 Å². The van der Waals surface area contributed by atoms with Crippen LogP contribution in [0.4, 0.5) is 17.6 Å². The van der Waals surface area contributed by atoms with Crippen molar-refractivity contribution >= 4 is 0 Å². The van der Waals surface area contributed by atoms with Gasteiger partial charge in [-0.25, -0.2) is 4.39 Å². The molecular formula is C10H9F4NO. The van der Waals surface area contributed by atoms with Gasteiger partial charge in [0.2, 0.25) is 0 Å². The molecule has 0 aliphatic carbocycles. The van der Waals surface area contributed by atoms with Crippen LogP contribution in [0.1, 0.15) is 17.2 Å². The van der Waals surface area contributed by atoms with E-state index in [2.05, 4.69) is 5.32 Å². The van der Waals surface area contributed by atoms with Gasteiger partial charge in [-0.05, 0) is 19.2 Å². The number of rotatable bonds is 2. The van der Waals surface area contributed by atoms with Gasteiger partial charge in [0.25, 0.3) is 0 Å². The molecule has 6 heteroatoms. The summed E-state index contributed by atoms with van der Waals surface area (Å²) in [7, 11) is 1.54. The van der Waals surface area contributed by atoms with Gasteiger partial charge in [-0.15, -0.1) is 0 Å². The molecule has 0 aromatic heterocycles. The Morgan fingerprint density at radius 1 is 1.31 bits per heavy atom. The van der Waals surface area contributed by atoms with E-state index in [-0.39, 0.29) is 0 Å². The van der Waals surface area contributed by atoms with Crippen LogP contribution in [0.3, 0.4) is 0 Å². The van der Waals surface area contributed by atoms with Gasteiger partial charge in [-0.2, -0.15) is 13.2 Å². The lowest BCUT2D eigenvalue weighted by Gasteiger charge is -2.11. The summed E-state index contributed by atoms with van der Waals surface area (Å²) in [6, 6.07) is 2.89.